The molecule has 0 aliphatic carbocycles. The minimum absolute atomic E-state index is 0.00620. The standard InChI is InChI=1S/C14H15FN4O2/c1-8(20)17-12-6-10(3-4-11(12)15)18-14(21)13-5-9(16)7-19(13)2/h3-7H,16H2,1-2H3,(H,17,20)(H,18,21). The Hall–Kier alpha value is -2.83. The van der Waals surface area contributed by atoms with E-state index in [2.05, 4.69) is 10.6 Å². The summed E-state index contributed by atoms with van der Waals surface area (Å²) in [7, 11) is 1.69. The van der Waals surface area contributed by atoms with Gasteiger partial charge in [-0.25, -0.2) is 4.39 Å². The third-order valence-corrected chi connectivity index (χ3v) is 2.79. The second-order valence-corrected chi connectivity index (χ2v) is 4.60. The molecule has 6 nitrogen and oxygen atoms in total. The van der Waals surface area contributed by atoms with Crippen LogP contribution in [0, 0.1) is 5.82 Å². The van der Waals surface area contributed by atoms with E-state index in [0.717, 1.165) is 0 Å². The lowest BCUT2D eigenvalue weighted by molar-refractivity contribution is -0.114. The Balaban J connectivity index is 2.21. The van der Waals surface area contributed by atoms with Crippen molar-refractivity contribution in [3.8, 4) is 0 Å². The van der Waals surface area contributed by atoms with Crippen molar-refractivity contribution in [2.45, 2.75) is 6.92 Å². The number of nitrogens with one attached hydrogen (secondary N) is 2. The maximum absolute atomic E-state index is 13.5. The lowest BCUT2D eigenvalue weighted by Gasteiger charge is -2.09. The summed E-state index contributed by atoms with van der Waals surface area (Å²) in [5.74, 6) is -1.35. The van der Waals surface area contributed by atoms with E-state index in [4.69, 9.17) is 5.73 Å². The van der Waals surface area contributed by atoms with Crippen molar-refractivity contribution in [1.29, 1.82) is 0 Å². The van der Waals surface area contributed by atoms with Crippen LogP contribution in [0.15, 0.2) is 30.5 Å². The molecule has 0 radical (unpaired) electrons. The number of benzene rings is 1. The number of rotatable bonds is 3. The molecule has 7 heteroatoms. The molecule has 1 aromatic carbocycles. The summed E-state index contributed by atoms with van der Waals surface area (Å²) in [5.41, 5.74) is 6.83. The molecule has 1 heterocycles. The fraction of sp³-hybridized carbons (Fsp3) is 0.143. The molecule has 4 N–H and O–H groups in total. The summed E-state index contributed by atoms with van der Waals surface area (Å²) >= 11 is 0. The predicted octanol–water partition coefficient (Wildman–Crippen LogP) is 1.96. The van der Waals surface area contributed by atoms with Gasteiger partial charge in [-0.05, 0) is 24.3 Å². The highest BCUT2D eigenvalue weighted by molar-refractivity contribution is 6.04. The van der Waals surface area contributed by atoms with Crippen LogP contribution in [-0.4, -0.2) is 16.4 Å². The SMILES string of the molecule is CC(=O)Nc1cc(NC(=O)c2cc(N)cn2C)ccc1F. The topological polar surface area (TPSA) is 89.2 Å². The van der Waals surface area contributed by atoms with Crippen molar-refractivity contribution in [2.24, 2.45) is 7.05 Å². The van der Waals surface area contributed by atoms with Gasteiger partial charge in [0, 0.05) is 25.9 Å². The fourth-order valence-electron chi connectivity index (χ4n) is 1.90. The smallest absolute Gasteiger partial charge is 0.272 e. The van der Waals surface area contributed by atoms with E-state index in [1.807, 2.05) is 0 Å². The molecule has 0 fully saturated rings. The van der Waals surface area contributed by atoms with Gasteiger partial charge in [0.2, 0.25) is 5.91 Å². The molecule has 0 aliphatic rings. The minimum Gasteiger partial charge on any atom is -0.397 e. The van der Waals surface area contributed by atoms with Crippen LogP contribution >= 0.6 is 0 Å². The van der Waals surface area contributed by atoms with Crippen LogP contribution in [0.3, 0.4) is 0 Å². The van der Waals surface area contributed by atoms with Crippen LogP contribution < -0.4 is 16.4 Å². The molecule has 2 amide bonds. The number of hydrogen-bond acceptors (Lipinski definition) is 3. The third-order valence-electron chi connectivity index (χ3n) is 2.79. The number of hydrogen-bond donors (Lipinski definition) is 3. The number of nitrogen functional groups attached to an aromatic ring is 1. The van der Waals surface area contributed by atoms with Gasteiger partial charge < -0.3 is 20.9 Å². The normalized spacial score (nSPS) is 10.2. The highest BCUT2D eigenvalue weighted by Crippen LogP contribution is 2.20. The molecule has 0 atom stereocenters. The van der Waals surface area contributed by atoms with Gasteiger partial charge in [-0.15, -0.1) is 0 Å². The number of anilines is 3. The van der Waals surface area contributed by atoms with Crippen molar-refractivity contribution in [3.05, 3.63) is 42.0 Å². The average Bonchev–Trinajstić information content (AvgIpc) is 2.72. The zero-order valence-electron chi connectivity index (χ0n) is 11.6. The predicted molar refractivity (Wildman–Crippen MR) is 78.5 cm³/mol. The van der Waals surface area contributed by atoms with Crippen LogP contribution in [0.4, 0.5) is 21.5 Å². The van der Waals surface area contributed by atoms with E-state index in [1.165, 1.54) is 31.2 Å². The number of carbonyl (C=O) groups excluding carboxylic acids is 2. The molecular formula is C14H15FN4O2. The Labute approximate surface area is 120 Å². The number of carbonyl (C=O) groups is 2. The van der Waals surface area contributed by atoms with Crippen LogP contribution in [0.1, 0.15) is 17.4 Å². The Bertz CT molecular complexity index is 709. The molecule has 0 saturated carbocycles. The van der Waals surface area contributed by atoms with Crippen LogP contribution in [-0.2, 0) is 11.8 Å². The third kappa shape index (κ3) is 3.38. The zero-order valence-corrected chi connectivity index (χ0v) is 11.6. The summed E-state index contributed by atoms with van der Waals surface area (Å²) in [6.45, 7) is 1.28. The summed E-state index contributed by atoms with van der Waals surface area (Å²) in [6, 6.07) is 5.46. The Morgan fingerprint density at radius 2 is 1.95 bits per heavy atom. The lowest BCUT2D eigenvalue weighted by atomic mass is 10.2. The van der Waals surface area contributed by atoms with Gasteiger partial charge in [-0.3, -0.25) is 9.59 Å². The van der Waals surface area contributed by atoms with Gasteiger partial charge in [0.05, 0.1) is 11.4 Å². The maximum Gasteiger partial charge on any atom is 0.272 e. The molecule has 1 aromatic heterocycles. The molecule has 0 unspecified atom stereocenters. The summed E-state index contributed by atoms with van der Waals surface area (Å²) in [6.07, 6.45) is 1.61. The number of halogens is 1. The Morgan fingerprint density at radius 3 is 2.52 bits per heavy atom. The van der Waals surface area contributed by atoms with Crippen molar-refractivity contribution >= 4 is 28.9 Å². The second kappa shape index (κ2) is 5.66. The van der Waals surface area contributed by atoms with E-state index in [0.29, 0.717) is 17.1 Å². The first-order valence-electron chi connectivity index (χ1n) is 6.17. The zero-order chi connectivity index (χ0) is 15.6. The molecule has 0 bridgehead atoms. The maximum atomic E-state index is 13.5. The van der Waals surface area contributed by atoms with Gasteiger partial charge in [0.25, 0.3) is 5.91 Å². The van der Waals surface area contributed by atoms with Crippen molar-refractivity contribution in [1.82, 2.24) is 4.57 Å². The van der Waals surface area contributed by atoms with Crippen LogP contribution in [0.25, 0.3) is 0 Å². The summed E-state index contributed by atoms with van der Waals surface area (Å²) < 4.78 is 15.1. The van der Waals surface area contributed by atoms with Crippen molar-refractivity contribution in [3.63, 3.8) is 0 Å². The Kier molecular flexibility index (Phi) is 3.93. The van der Waals surface area contributed by atoms with Crippen molar-refractivity contribution < 1.29 is 14.0 Å². The minimum atomic E-state index is -0.577. The van der Waals surface area contributed by atoms with Gasteiger partial charge in [-0.1, -0.05) is 0 Å². The largest absolute Gasteiger partial charge is 0.397 e. The molecule has 2 rings (SSSR count). The van der Waals surface area contributed by atoms with Gasteiger partial charge in [-0.2, -0.15) is 0 Å². The first-order chi connectivity index (χ1) is 9.86. The van der Waals surface area contributed by atoms with E-state index in [9.17, 15) is 14.0 Å². The molecular weight excluding hydrogens is 275 g/mol. The fourth-order valence-corrected chi connectivity index (χ4v) is 1.90. The van der Waals surface area contributed by atoms with Gasteiger partial charge in [0.1, 0.15) is 11.5 Å². The molecule has 0 spiro atoms. The molecule has 2 aromatic rings. The van der Waals surface area contributed by atoms with Crippen LogP contribution in [0.2, 0.25) is 0 Å². The highest BCUT2D eigenvalue weighted by atomic mass is 19.1. The molecule has 0 saturated heterocycles. The number of amides is 2. The monoisotopic (exact) mass is 290 g/mol. The van der Waals surface area contributed by atoms with Gasteiger partial charge in [0.15, 0.2) is 0 Å². The summed E-state index contributed by atoms with van der Waals surface area (Å²) in [4.78, 5) is 23.1. The molecule has 21 heavy (non-hydrogen) atoms. The highest BCUT2D eigenvalue weighted by Gasteiger charge is 2.12. The number of nitrogens with zero attached hydrogens (tertiary/aromatic N) is 1. The average molecular weight is 290 g/mol. The van der Waals surface area contributed by atoms with E-state index >= 15 is 0 Å². The van der Waals surface area contributed by atoms with Gasteiger partial charge >= 0.3 is 0 Å². The second-order valence-electron chi connectivity index (χ2n) is 4.60. The van der Waals surface area contributed by atoms with E-state index in [1.54, 1.807) is 17.8 Å². The quantitative estimate of drug-likeness (QED) is 0.807. The first kappa shape index (κ1) is 14.6. The Morgan fingerprint density at radius 1 is 1.24 bits per heavy atom. The molecule has 110 valence electrons. The van der Waals surface area contributed by atoms with Crippen molar-refractivity contribution in [2.75, 3.05) is 16.4 Å². The lowest BCUT2D eigenvalue weighted by Crippen LogP contribution is -2.16. The first-order valence-corrected chi connectivity index (χ1v) is 6.17. The number of nitrogens with two attached hydrogens (primary N) is 1. The van der Waals surface area contributed by atoms with E-state index in [-0.39, 0.29) is 11.6 Å². The van der Waals surface area contributed by atoms with E-state index < -0.39 is 11.7 Å². The number of aromatic nitrogens is 1. The summed E-state index contributed by atoms with van der Waals surface area (Å²) in [5, 5.41) is 4.97. The molecule has 0 aliphatic heterocycles. The number of aryl methyl sites for hydroxylation is 1. The van der Waals surface area contributed by atoms with Crippen LogP contribution in [0.5, 0.6) is 0 Å².